The molecule has 0 aliphatic carbocycles. The molecule has 0 bridgehead atoms. The Labute approximate surface area is 157 Å². The third kappa shape index (κ3) is 3.75. The Kier molecular flexibility index (Phi) is 4.98. The van der Waals surface area contributed by atoms with E-state index in [-0.39, 0.29) is 5.82 Å². The summed E-state index contributed by atoms with van der Waals surface area (Å²) >= 11 is 0. The molecule has 1 fully saturated rings. The first kappa shape index (κ1) is 17.4. The standard InChI is InChI=1S/C21H22FN5/c1-2-3-15-4-6-16(7-5-15)26-21-17-12-18(22)20(13-19(17)24-14-25-21)27-10-8-23-9-11-27/h2-7,12-14,23H,8-11H2,1H3,(H,24,25,26)/b3-2+. The number of anilines is 3. The predicted octanol–water partition coefficient (Wildman–Crippen LogP) is 3.96. The predicted molar refractivity (Wildman–Crippen MR) is 109 cm³/mol. The number of allylic oxidation sites excluding steroid dienone is 1. The van der Waals surface area contributed by atoms with E-state index < -0.39 is 0 Å². The van der Waals surface area contributed by atoms with Crippen molar-refractivity contribution in [3.8, 4) is 0 Å². The van der Waals surface area contributed by atoms with Crippen LogP contribution < -0.4 is 15.5 Å². The monoisotopic (exact) mass is 363 g/mol. The lowest BCUT2D eigenvalue weighted by molar-refractivity contribution is 0.567. The zero-order valence-electron chi connectivity index (χ0n) is 15.2. The quantitative estimate of drug-likeness (QED) is 0.735. The lowest BCUT2D eigenvalue weighted by atomic mass is 10.1. The van der Waals surface area contributed by atoms with Gasteiger partial charge in [0.2, 0.25) is 0 Å². The van der Waals surface area contributed by atoms with Gasteiger partial charge in [-0.2, -0.15) is 0 Å². The molecule has 0 saturated carbocycles. The van der Waals surface area contributed by atoms with Crippen LogP contribution in [0.2, 0.25) is 0 Å². The molecule has 0 spiro atoms. The number of nitrogens with one attached hydrogen (secondary N) is 2. The molecular formula is C21H22FN5. The van der Waals surface area contributed by atoms with Gasteiger partial charge in [0.1, 0.15) is 18.0 Å². The lowest BCUT2D eigenvalue weighted by Crippen LogP contribution is -2.43. The van der Waals surface area contributed by atoms with Crippen LogP contribution in [0.5, 0.6) is 0 Å². The molecule has 1 saturated heterocycles. The number of hydrogen-bond acceptors (Lipinski definition) is 5. The van der Waals surface area contributed by atoms with Gasteiger partial charge < -0.3 is 15.5 Å². The van der Waals surface area contributed by atoms with E-state index in [0.717, 1.165) is 42.9 Å². The minimum atomic E-state index is -0.245. The number of fused-ring (bicyclic) bond motifs is 1. The van der Waals surface area contributed by atoms with Crippen LogP contribution in [0.4, 0.5) is 21.6 Å². The fourth-order valence-corrected chi connectivity index (χ4v) is 3.32. The highest BCUT2D eigenvalue weighted by atomic mass is 19.1. The number of aromatic nitrogens is 2. The van der Waals surface area contributed by atoms with Gasteiger partial charge in [0.05, 0.1) is 11.2 Å². The lowest BCUT2D eigenvalue weighted by Gasteiger charge is -2.29. The van der Waals surface area contributed by atoms with Crippen molar-refractivity contribution < 1.29 is 4.39 Å². The third-order valence-electron chi connectivity index (χ3n) is 4.69. The highest BCUT2D eigenvalue weighted by Crippen LogP contribution is 2.29. The summed E-state index contributed by atoms with van der Waals surface area (Å²) in [7, 11) is 0. The average molecular weight is 363 g/mol. The van der Waals surface area contributed by atoms with E-state index in [1.165, 1.54) is 12.4 Å². The van der Waals surface area contributed by atoms with Gasteiger partial charge in [-0.3, -0.25) is 0 Å². The molecule has 1 aromatic heterocycles. The number of piperazine rings is 1. The molecular weight excluding hydrogens is 341 g/mol. The summed E-state index contributed by atoms with van der Waals surface area (Å²) in [5.74, 6) is 0.357. The maximum absolute atomic E-state index is 14.8. The normalized spacial score (nSPS) is 14.8. The fourth-order valence-electron chi connectivity index (χ4n) is 3.32. The molecule has 138 valence electrons. The van der Waals surface area contributed by atoms with Crippen LogP contribution in [-0.4, -0.2) is 36.1 Å². The third-order valence-corrected chi connectivity index (χ3v) is 4.69. The molecule has 5 nitrogen and oxygen atoms in total. The molecule has 1 aliphatic heterocycles. The first-order valence-electron chi connectivity index (χ1n) is 9.14. The Bertz CT molecular complexity index is 962. The van der Waals surface area contributed by atoms with Crippen LogP contribution in [0, 0.1) is 5.82 Å². The molecule has 0 amide bonds. The maximum Gasteiger partial charge on any atom is 0.147 e. The summed E-state index contributed by atoms with van der Waals surface area (Å²) in [5.41, 5.74) is 3.36. The van der Waals surface area contributed by atoms with Crippen molar-refractivity contribution >= 4 is 34.2 Å². The summed E-state index contributed by atoms with van der Waals surface area (Å²) in [5, 5.41) is 7.23. The van der Waals surface area contributed by atoms with Gasteiger partial charge in [-0.1, -0.05) is 24.3 Å². The van der Waals surface area contributed by atoms with Gasteiger partial charge in [0, 0.05) is 37.3 Å². The van der Waals surface area contributed by atoms with Crippen molar-refractivity contribution in [3.63, 3.8) is 0 Å². The topological polar surface area (TPSA) is 53.1 Å². The zero-order chi connectivity index (χ0) is 18.6. The van der Waals surface area contributed by atoms with E-state index in [0.29, 0.717) is 16.9 Å². The van der Waals surface area contributed by atoms with Crippen LogP contribution in [0.1, 0.15) is 12.5 Å². The maximum atomic E-state index is 14.8. The number of rotatable bonds is 4. The highest BCUT2D eigenvalue weighted by molar-refractivity contribution is 5.92. The molecule has 2 aromatic carbocycles. The molecule has 1 aliphatic rings. The Morgan fingerprint density at radius 1 is 1.11 bits per heavy atom. The summed E-state index contributed by atoms with van der Waals surface area (Å²) in [6, 6.07) is 11.4. The minimum absolute atomic E-state index is 0.245. The second kappa shape index (κ2) is 7.72. The smallest absolute Gasteiger partial charge is 0.147 e. The summed E-state index contributed by atoms with van der Waals surface area (Å²) in [4.78, 5) is 10.7. The van der Waals surface area contributed by atoms with Gasteiger partial charge in [0.15, 0.2) is 0 Å². The Balaban J connectivity index is 1.66. The minimum Gasteiger partial charge on any atom is -0.367 e. The van der Waals surface area contributed by atoms with Crippen LogP contribution in [-0.2, 0) is 0 Å². The second-order valence-electron chi connectivity index (χ2n) is 6.53. The van der Waals surface area contributed by atoms with Crippen LogP contribution in [0.25, 0.3) is 17.0 Å². The first-order valence-corrected chi connectivity index (χ1v) is 9.14. The molecule has 3 aromatic rings. The summed E-state index contributed by atoms with van der Waals surface area (Å²) in [6.45, 7) is 5.28. The zero-order valence-corrected chi connectivity index (χ0v) is 15.2. The van der Waals surface area contributed by atoms with E-state index in [9.17, 15) is 4.39 Å². The van der Waals surface area contributed by atoms with Gasteiger partial charge in [-0.15, -0.1) is 0 Å². The van der Waals surface area contributed by atoms with Crippen LogP contribution >= 0.6 is 0 Å². The van der Waals surface area contributed by atoms with Gasteiger partial charge in [0.25, 0.3) is 0 Å². The van der Waals surface area contributed by atoms with E-state index in [1.807, 2.05) is 49.4 Å². The van der Waals surface area contributed by atoms with Crippen molar-refractivity contribution in [1.82, 2.24) is 15.3 Å². The molecule has 0 radical (unpaired) electrons. The van der Waals surface area contributed by atoms with Crippen LogP contribution in [0.3, 0.4) is 0 Å². The number of benzene rings is 2. The van der Waals surface area contributed by atoms with Gasteiger partial charge in [-0.25, -0.2) is 14.4 Å². The molecule has 0 unspecified atom stereocenters. The molecule has 4 rings (SSSR count). The Hall–Kier alpha value is -2.99. The largest absolute Gasteiger partial charge is 0.367 e. The molecule has 2 heterocycles. The molecule has 2 N–H and O–H groups in total. The Morgan fingerprint density at radius 3 is 2.63 bits per heavy atom. The second-order valence-corrected chi connectivity index (χ2v) is 6.53. The van der Waals surface area contributed by atoms with Gasteiger partial charge in [-0.05, 0) is 36.8 Å². The first-order chi connectivity index (χ1) is 13.2. The van der Waals surface area contributed by atoms with E-state index in [4.69, 9.17) is 0 Å². The number of halogens is 1. The summed E-state index contributed by atoms with van der Waals surface area (Å²) in [6.07, 6.45) is 5.55. The van der Waals surface area contributed by atoms with Crippen molar-refractivity contribution in [2.75, 3.05) is 36.4 Å². The molecule has 6 heteroatoms. The molecule has 27 heavy (non-hydrogen) atoms. The van der Waals surface area contributed by atoms with Crippen molar-refractivity contribution in [2.24, 2.45) is 0 Å². The fraction of sp³-hybridized carbons (Fsp3) is 0.238. The Morgan fingerprint density at radius 2 is 1.89 bits per heavy atom. The molecule has 0 atom stereocenters. The van der Waals surface area contributed by atoms with Crippen molar-refractivity contribution in [3.05, 3.63) is 60.2 Å². The van der Waals surface area contributed by atoms with E-state index in [2.05, 4.69) is 25.5 Å². The highest BCUT2D eigenvalue weighted by Gasteiger charge is 2.17. The van der Waals surface area contributed by atoms with Gasteiger partial charge >= 0.3 is 0 Å². The number of hydrogen-bond donors (Lipinski definition) is 2. The van der Waals surface area contributed by atoms with E-state index >= 15 is 0 Å². The average Bonchev–Trinajstić information content (AvgIpc) is 2.70. The van der Waals surface area contributed by atoms with E-state index in [1.54, 1.807) is 0 Å². The SMILES string of the molecule is C/C=C/c1ccc(Nc2ncnc3cc(N4CCNCC4)c(F)cc23)cc1. The van der Waals surface area contributed by atoms with Crippen molar-refractivity contribution in [1.29, 1.82) is 0 Å². The summed E-state index contributed by atoms with van der Waals surface area (Å²) < 4.78 is 14.8. The number of nitrogens with zero attached hydrogens (tertiary/aromatic N) is 3. The van der Waals surface area contributed by atoms with Crippen molar-refractivity contribution in [2.45, 2.75) is 6.92 Å². The van der Waals surface area contributed by atoms with Crippen LogP contribution in [0.15, 0.2) is 48.8 Å².